The molecule has 4 nitrogen and oxygen atoms in total. The lowest BCUT2D eigenvalue weighted by Crippen LogP contribution is -2.28. The fraction of sp³-hybridized carbons (Fsp3) is 0.296. The van der Waals surface area contributed by atoms with Gasteiger partial charge in [-0.15, -0.1) is 0 Å². The van der Waals surface area contributed by atoms with Gasteiger partial charge in [0.05, 0.1) is 7.11 Å². The van der Waals surface area contributed by atoms with Gasteiger partial charge in [-0.05, 0) is 53.1 Å². The third-order valence-electron chi connectivity index (χ3n) is 6.67. The van der Waals surface area contributed by atoms with Gasteiger partial charge in [-0.25, -0.2) is 4.79 Å². The largest absolute Gasteiger partial charge is 0.508 e. The normalized spacial score (nSPS) is 17.1. The van der Waals surface area contributed by atoms with Crippen LogP contribution in [-0.4, -0.2) is 12.2 Å². The molecule has 1 aliphatic rings. The maximum Gasteiger partial charge on any atom is 0.340 e. The van der Waals surface area contributed by atoms with E-state index in [1.165, 1.54) is 0 Å². The summed E-state index contributed by atoms with van der Waals surface area (Å²) in [5.41, 5.74) is 2.77. The van der Waals surface area contributed by atoms with E-state index in [2.05, 4.69) is 32.9 Å². The first-order chi connectivity index (χ1) is 14.8. The van der Waals surface area contributed by atoms with Crippen molar-refractivity contribution in [3.05, 3.63) is 93.9 Å². The van der Waals surface area contributed by atoms with Crippen molar-refractivity contribution in [2.45, 2.75) is 44.4 Å². The molecule has 1 aliphatic carbocycles. The van der Waals surface area contributed by atoms with Crippen molar-refractivity contribution in [3.63, 3.8) is 0 Å². The van der Waals surface area contributed by atoms with E-state index in [0.717, 1.165) is 28.5 Å². The summed E-state index contributed by atoms with van der Waals surface area (Å²) in [5, 5.41) is 10.7. The molecule has 0 fully saturated rings. The van der Waals surface area contributed by atoms with Crippen LogP contribution in [0.3, 0.4) is 0 Å². The fourth-order valence-electron chi connectivity index (χ4n) is 4.46. The number of phenols is 1. The topological polar surface area (TPSA) is 59.7 Å². The zero-order chi connectivity index (χ0) is 22.2. The van der Waals surface area contributed by atoms with Gasteiger partial charge >= 0.3 is 5.63 Å². The first kappa shape index (κ1) is 21.0. The molecule has 4 heteroatoms. The first-order valence-corrected chi connectivity index (χ1v) is 10.6. The standard InChI is InChI=1S/C27H28O4/c1-17(27(2,3)19-10-12-20(28)13-11-19)24-22-15-14-21(30-4)16-23(22)31-26(29)25(24)18-8-6-5-7-9-18/h5-8,10-18,28H,9H2,1-4H3. The second-order valence-corrected chi connectivity index (χ2v) is 8.72. The third kappa shape index (κ3) is 3.78. The molecule has 4 rings (SSSR count). The van der Waals surface area contributed by atoms with Crippen LogP contribution in [0.15, 0.2) is 76.0 Å². The number of hydrogen-bond donors (Lipinski definition) is 1. The molecule has 0 saturated carbocycles. The van der Waals surface area contributed by atoms with Gasteiger partial charge in [-0.1, -0.05) is 57.2 Å². The zero-order valence-corrected chi connectivity index (χ0v) is 18.4. The van der Waals surface area contributed by atoms with Crippen LogP contribution in [0.25, 0.3) is 11.0 Å². The van der Waals surface area contributed by atoms with E-state index in [9.17, 15) is 9.90 Å². The number of allylic oxidation sites excluding steroid dienone is 4. The Kier molecular flexibility index (Phi) is 5.48. The van der Waals surface area contributed by atoms with Crippen molar-refractivity contribution < 1.29 is 14.3 Å². The SMILES string of the molecule is COc1ccc2c(C(C)C(C)(C)c3ccc(O)cc3)c(C3C=CC=CC3)c(=O)oc2c1. The van der Waals surface area contributed by atoms with Crippen LogP contribution in [0.4, 0.5) is 0 Å². The number of rotatable bonds is 5. The van der Waals surface area contributed by atoms with Crippen molar-refractivity contribution >= 4 is 11.0 Å². The highest BCUT2D eigenvalue weighted by Crippen LogP contribution is 2.44. The Labute approximate surface area is 182 Å². The summed E-state index contributed by atoms with van der Waals surface area (Å²) >= 11 is 0. The van der Waals surface area contributed by atoms with Gasteiger partial charge in [0.15, 0.2) is 0 Å². The molecule has 31 heavy (non-hydrogen) atoms. The number of methoxy groups -OCH3 is 1. The number of hydrogen-bond acceptors (Lipinski definition) is 4. The second-order valence-electron chi connectivity index (χ2n) is 8.72. The van der Waals surface area contributed by atoms with Crippen LogP contribution in [-0.2, 0) is 5.41 Å². The lowest BCUT2D eigenvalue weighted by Gasteiger charge is -2.35. The third-order valence-corrected chi connectivity index (χ3v) is 6.67. The minimum absolute atomic E-state index is 0.00587. The Morgan fingerprint density at radius 2 is 1.87 bits per heavy atom. The van der Waals surface area contributed by atoms with Crippen molar-refractivity contribution in [2.75, 3.05) is 7.11 Å². The van der Waals surface area contributed by atoms with E-state index < -0.39 is 0 Å². The average molecular weight is 417 g/mol. The summed E-state index contributed by atoms with van der Waals surface area (Å²) in [6.07, 6.45) is 8.93. The summed E-state index contributed by atoms with van der Waals surface area (Å²) in [5.74, 6) is 0.873. The lowest BCUT2D eigenvalue weighted by atomic mass is 9.68. The summed E-state index contributed by atoms with van der Waals surface area (Å²) in [4.78, 5) is 13.3. The minimum atomic E-state index is -0.297. The Morgan fingerprint density at radius 1 is 1.13 bits per heavy atom. The summed E-state index contributed by atoms with van der Waals surface area (Å²) in [7, 11) is 1.60. The van der Waals surface area contributed by atoms with E-state index in [-0.39, 0.29) is 28.6 Å². The highest BCUT2D eigenvalue weighted by molar-refractivity contribution is 5.84. The first-order valence-electron chi connectivity index (χ1n) is 10.6. The predicted octanol–water partition coefficient (Wildman–Crippen LogP) is 6.19. The van der Waals surface area contributed by atoms with Crippen molar-refractivity contribution in [2.24, 2.45) is 0 Å². The molecule has 0 spiro atoms. The van der Waals surface area contributed by atoms with Gasteiger partial charge in [-0.3, -0.25) is 0 Å². The van der Waals surface area contributed by atoms with E-state index in [0.29, 0.717) is 11.3 Å². The summed E-state index contributed by atoms with van der Waals surface area (Å²) < 4.78 is 11.1. The van der Waals surface area contributed by atoms with E-state index in [1.807, 2.05) is 36.4 Å². The molecule has 0 radical (unpaired) electrons. The molecule has 160 valence electrons. The van der Waals surface area contributed by atoms with Crippen LogP contribution < -0.4 is 10.4 Å². The summed E-state index contributed by atoms with van der Waals surface area (Å²) in [6, 6.07) is 13.0. The van der Waals surface area contributed by atoms with E-state index >= 15 is 0 Å². The lowest BCUT2D eigenvalue weighted by molar-refractivity contribution is 0.413. The number of fused-ring (bicyclic) bond motifs is 1. The molecule has 0 amide bonds. The molecule has 2 unspecified atom stereocenters. The predicted molar refractivity (Wildman–Crippen MR) is 124 cm³/mol. The van der Waals surface area contributed by atoms with Gasteiger partial charge in [0.2, 0.25) is 0 Å². The minimum Gasteiger partial charge on any atom is -0.508 e. The quantitative estimate of drug-likeness (QED) is 0.504. The zero-order valence-electron chi connectivity index (χ0n) is 18.4. The molecule has 1 heterocycles. The van der Waals surface area contributed by atoms with Crippen LogP contribution in [0.2, 0.25) is 0 Å². The molecule has 1 N–H and O–H groups in total. The number of benzene rings is 2. The molecular formula is C27H28O4. The van der Waals surface area contributed by atoms with Crippen LogP contribution in [0.1, 0.15) is 55.7 Å². The number of aromatic hydroxyl groups is 1. The Balaban J connectivity index is 1.97. The van der Waals surface area contributed by atoms with Crippen molar-refractivity contribution in [3.8, 4) is 11.5 Å². The van der Waals surface area contributed by atoms with E-state index in [1.54, 1.807) is 25.3 Å². The molecule has 2 atom stereocenters. The fourth-order valence-corrected chi connectivity index (χ4v) is 4.46. The molecule has 1 aromatic heterocycles. The maximum absolute atomic E-state index is 13.3. The van der Waals surface area contributed by atoms with Gasteiger partial charge in [-0.2, -0.15) is 0 Å². The molecule has 2 aromatic carbocycles. The second kappa shape index (κ2) is 8.10. The number of phenolic OH excluding ortho intramolecular Hbond substituents is 1. The molecule has 0 aliphatic heterocycles. The summed E-state index contributed by atoms with van der Waals surface area (Å²) in [6.45, 7) is 6.51. The van der Waals surface area contributed by atoms with Gasteiger partial charge in [0, 0.05) is 22.9 Å². The van der Waals surface area contributed by atoms with Crippen LogP contribution in [0.5, 0.6) is 11.5 Å². The van der Waals surface area contributed by atoms with Crippen molar-refractivity contribution in [1.82, 2.24) is 0 Å². The average Bonchev–Trinajstić information content (AvgIpc) is 2.78. The molecule has 0 saturated heterocycles. The van der Waals surface area contributed by atoms with Gasteiger partial charge in [0.25, 0.3) is 0 Å². The maximum atomic E-state index is 13.3. The smallest absolute Gasteiger partial charge is 0.340 e. The van der Waals surface area contributed by atoms with Crippen molar-refractivity contribution in [1.29, 1.82) is 0 Å². The van der Waals surface area contributed by atoms with Gasteiger partial charge < -0.3 is 14.3 Å². The number of ether oxygens (including phenoxy) is 1. The Hall–Kier alpha value is -3.27. The highest BCUT2D eigenvalue weighted by atomic mass is 16.5. The highest BCUT2D eigenvalue weighted by Gasteiger charge is 2.34. The van der Waals surface area contributed by atoms with Gasteiger partial charge in [0.1, 0.15) is 17.1 Å². The van der Waals surface area contributed by atoms with Crippen LogP contribution >= 0.6 is 0 Å². The van der Waals surface area contributed by atoms with E-state index in [4.69, 9.17) is 9.15 Å². The molecular weight excluding hydrogens is 388 g/mol. The Morgan fingerprint density at radius 3 is 2.52 bits per heavy atom. The molecule has 0 bridgehead atoms. The molecule has 3 aromatic rings. The monoisotopic (exact) mass is 416 g/mol. The van der Waals surface area contributed by atoms with Crippen LogP contribution in [0, 0.1) is 0 Å². The Bertz CT molecular complexity index is 1210.